The van der Waals surface area contributed by atoms with Crippen molar-refractivity contribution in [3.8, 4) is 11.5 Å². The fourth-order valence-corrected chi connectivity index (χ4v) is 3.40. The second kappa shape index (κ2) is 7.10. The number of carbonyl (C=O) groups excluding carboxylic acids is 1. The topological polar surface area (TPSA) is 75.1 Å². The molecule has 0 saturated carbocycles. The van der Waals surface area contributed by atoms with Crippen molar-refractivity contribution in [3.05, 3.63) is 41.2 Å². The molecule has 150 valence electrons. The summed E-state index contributed by atoms with van der Waals surface area (Å²) >= 11 is 0. The molecular formula is C20H25N3O5. The van der Waals surface area contributed by atoms with Crippen LogP contribution in [0.2, 0.25) is 0 Å². The highest BCUT2D eigenvalue weighted by molar-refractivity contribution is 5.92. The van der Waals surface area contributed by atoms with E-state index in [0.29, 0.717) is 31.1 Å². The maximum absolute atomic E-state index is 13.2. The Balaban J connectivity index is 1.56. The summed E-state index contributed by atoms with van der Waals surface area (Å²) in [4.78, 5) is 14.9. The molecule has 8 heteroatoms. The zero-order chi connectivity index (χ0) is 19.9. The smallest absolute Gasteiger partial charge is 0.274 e. The zero-order valence-corrected chi connectivity index (χ0v) is 16.6. The van der Waals surface area contributed by atoms with E-state index in [9.17, 15) is 4.79 Å². The van der Waals surface area contributed by atoms with Crippen molar-refractivity contribution in [1.29, 1.82) is 0 Å². The molecule has 1 amide bonds. The molecular weight excluding hydrogens is 362 g/mol. The van der Waals surface area contributed by atoms with Crippen LogP contribution in [0.25, 0.3) is 0 Å². The summed E-state index contributed by atoms with van der Waals surface area (Å²) in [6.45, 7) is 7.15. The quantitative estimate of drug-likeness (QED) is 0.783. The summed E-state index contributed by atoms with van der Waals surface area (Å²) in [5.74, 6) is 0.630. The van der Waals surface area contributed by atoms with E-state index in [1.54, 1.807) is 15.6 Å². The first-order valence-corrected chi connectivity index (χ1v) is 9.31. The molecule has 28 heavy (non-hydrogen) atoms. The molecule has 1 aromatic carbocycles. The lowest BCUT2D eigenvalue weighted by Crippen LogP contribution is -2.39. The van der Waals surface area contributed by atoms with Crippen LogP contribution in [0, 0.1) is 6.92 Å². The third-order valence-electron chi connectivity index (χ3n) is 4.92. The van der Waals surface area contributed by atoms with Crippen molar-refractivity contribution in [2.24, 2.45) is 7.05 Å². The molecule has 2 aliphatic heterocycles. The van der Waals surface area contributed by atoms with Crippen LogP contribution in [0.3, 0.4) is 0 Å². The third-order valence-corrected chi connectivity index (χ3v) is 4.92. The molecule has 2 aliphatic rings. The average Bonchev–Trinajstić information content (AvgIpc) is 3.33. The molecule has 1 fully saturated rings. The molecule has 0 spiro atoms. The van der Waals surface area contributed by atoms with Gasteiger partial charge < -0.3 is 23.8 Å². The Morgan fingerprint density at radius 3 is 2.75 bits per heavy atom. The lowest BCUT2D eigenvalue weighted by Gasteiger charge is -2.25. The third kappa shape index (κ3) is 3.83. The van der Waals surface area contributed by atoms with Gasteiger partial charge in [-0.1, -0.05) is 6.07 Å². The van der Waals surface area contributed by atoms with Crippen LogP contribution >= 0.6 is 0 Å². The van der Waals surface area contributed by atoms with E-state index >= 15 is 0 Å². The highest BCUT2D eigenvalue weighted by Gasteiger charge is 2.35. The second-order valence-electron chi connectivity index (χ2n) is 7.62. The summed E-state index contributed by atoms with van der Waals surface area (Å²) in [7, 11) is 1.82. The van der Waals surface area contributed by atoms with Gasteiger partial charge in [0.2, 0.25) is 6.79 Å². The fraction of sp³-hybridized carbons (Fsp3) is 0.500. The van der Waals surface area contributed by atoms with E-state index in [1.165, 1.54) is 0 Å². The van der Waals surface area contributed by atoms with Gasteiger partial charge in [-0.15, -0.1) is 0 Å². The monoisotopic (exact) mass is 387 g/mol. The Kier molecular flexibility index (Phi) is 4.76. The van der Waals surface area contributed by atoms with E-state index in [4.69, 9.17) is 18.9 Å². The Bertz CT molecular complexity index is 872. The second-order valence-corrected chi connectivity index (χ2v) is 7.62. The van der Waals surface area contributed by atoms with E-state index in [2.05, 4.69) is 5.10 Å². The molecule has 1 atom stereocenters. The Labute approximate surface area is 163 Å². The number of benzene rings is 1. The molecule has 3 heterocycles. The molecule has 0 unspecified atom stereocenters. The van der Waals surface area contributed by atoms with Crippen molar-refractivity contribution in [1.82, 2.24) is 14.7 Å². The van der Waals surface area contributed by atoms with Crippen LogP contribution in [0.1, 0.15) is 35.6 Å². The fourth-order valence-electron chi connectivity index (χ4n) is 3.40. The van der Waals surface area contributed by atoms with Crippen LogP contribution < -0.4 is 9.47 Å². The summed E-state index contributed by atoms with van der Waals surface area (Å²) in [5.41, 5.74) is 2.29. The Morgan fingerprint density at radius 1 is 1.29 bits per heavy atom. The van der Waals surface area contributed by atoms with Crippen LogP contribution in [0.4, 0.5) is 0 Å². The normalized spacial score (nSPS) is 19.8. The van der Waals surface area contributed by atoms with Crippen molar-refractivity contribution >= 4 is 5.91 Å². The molecule has 0 N–H and O–H groups in total. The summed E-state index contributed by atoms with van der Waals surface area (Å²) < 4.78 is 24.1. The number of carbonyl (C=O) groups is 1. The first-order chi connectivity index (χ1) is 13.3. The van der Waals surface area contributed by atoms with Gasteiger partial charge in [0, 0.05) is 25.8 Å². The van der Waals surface area contributed by atoms with Gasteiger partial charge in [0.05, 0.1) is 6.61 Å². The van der Waals surface area contributed by atoms with Crippen molar-refractivity contribution < 1.29 is 23.7 Å². The molecule has 4 rings (SSSR count). The van der Waals surface area contributed by atoms with Gasteiger partial charge >= 0.3 is 0 Å². The molecule has 0 radical (unpaired) electrons. The summed E-state index contributed by atoms with van der Waals surface area (Å²) in [6, 6.07) is 7.50. The molecule has 1 aromatic heterocycles. The number of aryl methyl sites for hydroxylation is 2. The number of ether oxygens (including phenoxy) is 4. The predicted molar refractivity (Wildman–Crippen MR) is 100 cm³/mol. The number of hydrogen-bond donors (Lipinski definition) is 0. The molecule has 8 nitrogen and oxygen atoms in total. The minimum atomic E-state index is -0.639. The number of nitrogens with zero attached hydrogens (tertiary/aromatic N) is 3. The number of fused-ring (bicyclic) bond motifs is 1. The standard InChI is InChI=1S/C20H25N3O5/c1-13-7-16(21-22(13)4)19(24)23(10-15-11-27-20(2,3)28-15)9-14-5-6-17-18(8-14)26-12-25-17/h5-8,15H,9-12H2,1-4H3/t15-/m1/s1. The summed E-state index contributed by atoms with van der Waals surface area (Å²) in [6.07, 6.45) is -0.197. The minimum absolute atomic E-state index is 0.144. The Morgan fingerprint density at radius 2 is 2.07 bits per heavy atom. The van der Waals surface area contributed by atoms with Crippen molar-refractivity contribution in [2.75, 3.05) is 19.9 Å². The SMILES string of the molecule is Cc1cc(C(=O)N(Cc2ccc3c(c2)OCO3)C[C@@H]2COC(C)(C)O2)nn1C. The van der Waals surface area contributed by atoms with Crippen LogP contribution in [0.15, 0.2) is 24.3 Å². The number of rotatable bonds is 5. The van der Waals surface area contributed by atoms with Crippen LogP contribution in [-0.4, -0.2) is 52.4 Å². The first-order valence-electron chi connectivity index (χ1n) is 9.31. The largest absolute Gasteiger partial charge is 0.454 e. The zero-order valence-electron chi connectivity index (χ0n) is 16.6. The molecule has 1 saturated heterocycles. The summed E-state index contributed by atoms with van der Waals surface area (Å²) in [5, 5.41) is 4.34. The van der Waals surface area contributed by atoms with E-state index in [1.807, 2.05) is 46.0 Å². The lowest BCUT2D eigenvalue weighted by atomic mass is 10.1. The molecule has 2 aromatic rings. The average molecular weight is 387 g/mol. The van der Waals surface area contributed by atoms with Gasteiger partial charge in [-0.2, -0.15) is 5.10 Å². The maximum atomic E-state index is 13.2. The minimum Gasteiger partial charge on any atom is -0.454 e. The van der Waals surface area contributed by atoms with Gasteiger partial charge in [-0.3, -0.25) is 9.48 Å². The van der Waals surface area contributed by atoms with Gasteiger partial charge in [0.15, 0.2) is 23.0 Å². The van der Waals surface area contributed by atoms with Gasteiger partial charge in [0.25, 0.3) is 5.91 Å². The number of hydrogen-bond acceptors (Lipinski definition) is 6. The lowest BCUT2D eigenvalue weighted by molar-refractivity contribution is -0.139. The van der Waals surface area contributed by atoms with Gasteiger partial charge in [-0.25, -0.2) is 0 Å². The number of amides is 1. The van der Waals surface area contributed by atoms with E-state index in [0.717, 1.165) is 17.0 Å². The molecule has 0 bridgehead atoms. The first kappa shape index (κ1) is 18.8. The molecule has 0 aliphatic carbocycles. The van der Waals surface area contributed by atoms with Gasteiger partial charge in [-0.05, 0) is 44.5 Å². The van der Waals surface area contributed by atoms with Gasteiger partial charge in [0.1, 0.15) is 6.10 Å². The van der Waals surface area contributed by atoms with E-state index < -0.39 is 5.79 Å². The predicted octanol–water partition coefficient (Wildman–Crippen LogP) is 2.25. The van der Waals surface area contributed by atoms with E-state index in [-0.39, 0.29) is 18.8 Å². The van der Waals surface area contributed by atoms with Crippen molar-refractivity contribution in [2.45, 2.75) is 39.2 Å². The van der Waals surface area contributed by atoms with Crippen LogP contribution in [0.5, 0.6) is 11.5 Å². The number of aromatic nitrogens is 2. The Hall–Kier alpha value is -2.58. The van der Waals surface area contributed by atoms with Crippen molar-refractivity contribution in [3.63, 3.8) is 0 Å². The highest BCUT2D eigenvalue weighted by atomic mass is 16.7. The van der Waals surface area contributed by atoms with Crippen LogP contribution in [-0.2, 0) is 23.1 Å². The highest BCUT2D eigenvalue weighted by Crippen LogP contribution is 2.33. The maximum Gasteiger partial charge on any atom is 0.274 e.